The predicted octanol–water partition coefficient (Wildman–Crippen LogP) is 3.29. The van der Waals surface area contributed by atoms with Crippen molar-refractivity contribution in [3.63, 3.8) is 0 Å². The first-order valence-corrected chi connectivity index (χ1v) is 9.66. The molecule has 0 aliphatic carbocycles. The van der Waals surface area contributed by atoms with Crippen molar-refractivity contribution in [1.29, 1.82) is 0 Å². The van der Waals surface area contributed by atoms with Crippen LogP contribution in [0, 0.1) is 0 Å². The van der Waals surface area contributed by atoms with Crippen LogP contribution in [0.3, 0.4) is 0 Å². The number of amides is 1. The Labute approximate surface area is 179 Å². The second-order valence-corrected chi connectivity index (χ2v) is 6.97. The van der Waals surface area contributed by atoms with Crippen molar-refractivity contribution in [2.75, 3.05) is 39.9 Å². The molecule has 2 heterocycles. The molecule has 2 aromatic carbocycles. The van der Waals surface area contributed by atoms with E-state index in [1.807, 2.05) is 6.07 Å². The quantitative estimate of drug-likeness (QED) is 0.569. The number of aromatic nitrogens is 2. The van der Waals surface area contributed by atoms with Crippen molar-refractivity contribution in [3.8, 4) is 34.5 Å². The van der Waals surface area contributed by atoms with Gasteiger partial charge in [-0.1, -0.05) is 5.16 Å². The average molecular weight is 425 g/mol. The minimum Gasteiger partial charge on any atom is -0.497 e. The summed E-state index contributed by atoms with van der Waals surface area (Å²) in [7, 11) is 6.28. The molecule has 9 nitrogen and oxygen atoms in total. The summed E-state index contributed by atoms with van der Waals surface area (Å²) in [5.41, 5.74) is 1.38. The Hall–Kier alpha value is -3.75. The molecule has 1 aliphatic rings. The highest BCUT2D eigenvalue weighted by Gasteiger charge is 2.35. The van der Waals surface area contributed by atoms with E-state index in [4.69, 9.17) is 23.5 Å². The van der Waals surface area contributed by atoms with Gasteiger partial charge in [-0.25, -0.2) is 0 Å². The van der Waals surface area contributed by atoms with Crippen LogP contribution in [0.15, 0.2) is 40.9 Å². The molecular formula is C22H23N3O6. The second-order valence-electron chi connectivity index (χ2n) is 6.97. The summed E-state index contributed by atoms with van der Waals surface area (Å²) in [4.78, 5) is 18.9. The summed E-state index contributed by atoms with van der Waals surface area (Å²) in [6.07, 6.45) is 0.285. The number of benzene rings is 2. The number of nitrogens with zero attached hydrogens (tertiary/aromatic N) is 3. The first kappa shape index (κ1) is 20.5. The number of carbonyl (C=O) groups excluding carboxylic acids is 1. The Balaban J connectivity index is 1.56. The van der Waals surface area contributed by atoms with Gasteiger partial charge in [0.05, 0.1) is 34.0 Å². The van der Waals surface area contributed by atoms with Gasteiger partial charge < -0.3 is 28.4 Å². The fraction of sp³-hybridized carbons (Fsp3) is 0.318. The van der Waals surface area contributed by atoms with E-state index in [2.05, 4.69) is 10.1 Å². The molecule has 0 unspecified atom stereocenters. The number of ether oxygens (including phenoxy) is 4. The zero-order valence-corrected chi connectivity index (χ0v) is 17.7. The summed E-state index contributed by atoms with van der Waals surface area (Å²) in [6.45, 7) is 0.438. The van der Waals surface area contributed by atoms with Gasteiger partial charge in [0, 0.05) is 36.7 Å². The summed E-state index contributed by atoms with van der Waals surface area (Å²) >= 11 is 0. The molecule has 1 fully saturated rings. The van der Waals surface area contributed by atoms with Gasteiger partial charge in [-0.05, 0) is 24.3 Å². The summed E-state index contributed by atoms with van der Waals surface area (Å²) in [5.74, 6) is 2.97. The molecule has 1 amide bonds. The van der Waals surface area contributed by atoms with Crippen molar-refractivity contribution >= 4 is 11.6 Å². The van der Waals surface area contributed by atoms with Crippen molar-refractivity contribution in [2.24, 2.45) is 0 Å². The Bertz CT molecular complexity index is 1100. The second kappa shape index (κ2) is 8.55. The molecule has 1 aliphatic heterocycles. The molecule has 1 saturated heterocycles. The lowest BCUT2D eigenvalue weighted by Gasteiger charge is -2.18. The van der Waals surface area contributed by atoms with Gasteiger partial charge in [-0.2, -0.15) is 4.98 Å². The van der Waals surface area contributed by atoms with Gasteiger partial charge in [-0.3, -0.25) is 4.79 Å². The maximum atomic E-state index is 12.7. The highest BCUT2D eigenvalue weighted by molar-refractivity contribution is 5.96. The van der Waals surface area contributed by atoms with Crippen molar-refractivity contribution in [3.05, 3.63) is 42.2 Å². The minimum absolute atomic E-state index is 0.0226. The Morgan fingerprint density at radius 3 is 2.42 bits per heavy atom. The zero-order valence-electron chi connectivity index (χ0n) is 17.7. The molecule has 9 heteroatoms. The predicted molar refractivity (Wildman–Crippen MR) is 112 cm³/mol. The van der Waals surface area contributed by atoms with Gasteiger partial charge in [0.25, 0.3) is 5.89 Å². The Morgan fingerprint density at radius 2 is 1.71 bits per heavy atom. The van der Waals surface area contributed by atoms with Crippen LogP contribution < -0.4 is 23.8 Å². The number of rotatable bonds is 7. The standard InChI is InChI=1S/C22H23N3O6/c1-27-15-6-7-16(18(11-15)29-3)22-23-21(24-31-22)13-9-20(26)25(12-13)14-5-8-17(28-2)19(10-14)30-4/h5-8,10-11,13H,9,12H2,1-4H3/t13-/m0/s1. The summed E-state index contributed by atoms with van der Waals surface area (Å²) < 4.78 is 26.7. The van der Waals surface area contributed by atoms with E-state index < -0.39 is 0 Å². The van der Waals surface area contributed by atoms with Crippen LogP contribution in [0.2, 0.25) is 0 Å². The van der Waals surface area contributed by atoms with E-state index in [-0.39, 0.29) is 18.2 Å². The van der Waals surface area contributed by atoms with Gasteiger partial charge in [0.15, 0.2) is 17.3 Å². The number of anilines is 1. The molecule has 0 bridgehead atoms. The van der Waals surface area contributed by atoms with E-state index in [0.717, 1.165) is 5.69 Å². The van der Waals surface area contributed by atoms with Crippen LogP contribution in [-0.4, -0.2) is 51.0 Å². The van der Waals surface area contributed by atoms with Crippen LogP contribution in [0.1, 0.15) is 18.2 Å². The molecule has 0 spiro atoms. The normalized spacial score (nSPS) is 15.8. The first-order chi connectivity index (χ1) is 15.1. The lowest BCUT2D eigenvalue weighted by Crippen LogP contribution is -2.24. The fourth-order valence-corrected chi connectivity index (χ4v) is 3.61. The summed E-state index contributed by atoms with van der Waals surface area (Å²) in [5, 5.41) is 4.12. The zero-order chi connectivity index (χ0) is 22.0. The monoisotopic (exact) mass is 425 g/mol. The maximum Gasteiger partial charge on any atom is 0.261 e. The topological polar surface area (TPSA) is 96.2 Å². The molecule has 0 saturated carbocycles. The number of hydrogen-bond acceptors (Lipinski definition) is 8. The van der Waals surface area contributed by atoms with Gasteiger partial charge in [-0.15, -0.1) is 0 Å². The van der Waals surface area contributed by atoms with Crippen LogP contribution in [-0.2, 0) is 4.79 Å². The third-order valence-corrected chi connectivity index (χ3v) is 5.25. The maximum absolute atomic E-state index is 12.7. The molecule has 0 radical (unpaired) electrons. The van der Waals surface area contributed by atoms with Crippen molar-refractivity contribution in [1.82, 2.24) is 10.1 Å². The van der Waals surface area contributed by atoms with Crippen molar-refractivity contribution in [2.45, 2.75) is 12.3 Å². The van der Waals surface area contributed by atoms with E-state index >= 15 is 0 Å². The smallest absolute Gasteiger partial charge is 0.261 e. The third-order valence-electron chi connectivity index (χ3n) is 5.25. The fourth-order valence-electron chi connectivity index (χ4n) is 3.61. The highest BCUT2D eigenvalue weighted by Crippen LogP contribution is 2.37. The van der Waals surface area contributed by atoms with Crippen LogP contribution >= 0.6 is 0 Å². The minimum atomic E-state index is -0.192. The lowest BCUT2D eigenvalue weighted by atomic mass is 10.1. The Kier molecular flexibility index (Phi) is 5.66. The molecular weight excluding hydrogens is 402 g/mol. The first-order valence-electron chi connectivity index (χ1n) is 9.66. The van der Waals surface area contributed by atoms with Crippen LogP contribution in [0.4, 0.5) is 5.69 Å². The van der Waals surface area contributed by atoms with Gasteiger partial charge in [0.2, 0.25) is 5.91 Å². The molecule has 162 valence electrons. The molecule has 31 heavy (non-hydrogen) atoms. The molecule has 1 atom stereocenters. The van der Waals surface area contributed by atoms with Crippen LogP contribution in [0.25, 0.3) is 11.5 Å². The van der Waals surface area contributed by atoms with E-state index in [1.165, 1.54) is 0 Å². The lowest BCUT2D eigenvalue weighted by molar-refractivity contribution is -0.117. The Morgan fingerprint density at radius 1 is 0.935 bits per heavy atom. The van der Waals surface area contributed by atoms with E-state index in [1.54, 1.807) is 63.7 Å². The van der Waals surface area contributed by atoms with Crippen LogP contribution in [0.5, 0.6) is 23.0 Å². The number of carbonyl (C=O) groups is 1. The highest BCUT2D eigenvalue weighted by atomic mass is 16.5. The number of methoxy groups -OCH3 is 4. The average Bonchev–Trinajstić information content (AvgIpc) is 3.45. The molecule has 3 aromatic rings. The summed E-state index contributed by atoms with van der Waals surface area (Å²) in [6, 6.07) is 10.7. The molecule has 0 N–H and O–H groups in total. The van der Waals surface area contributed by atoms with Gasteiger partial charge in [0.1, 0.15) is 11.5 Å². The van der Waals surface area contributed by atoms with E-state index in [0.29, 0.717) is 46.8 Å². The third kappa shape index (κ3) is 3.86. The number of hydrogen-bond donors (Lipinski definition) is 0. The largest absolute Gasteiger partial charge is 0.497 e. The molecule has 1 aromatic heterocycles. The van der Waals surface area contributed by atoms with E-state index in [9.17, 15) is 4.79 Å². The van der Waals surface area contributed by atoms with Crippen molar-refractivity contribution < 1.29 is 28.3 Å². The SMILES string of the molecule is COc1ccc(-c2nc([C@H]3CC(=O)N(c4ccc(OC)c(OC)c4)C3)no2)c(OC)c1. The molecule has 4 rings (SSSR count). The van der Waals surface area contributed by atoms with Gasteiger partial charge >= 0.3 is 0 Å².